The van der Waals surface area contributed by atoms with Crippen LogP contribution in [0.25, 0.3) is 0 Å². The Morgan fingerprint density at radius 2 is 2.08 bits per heavy atom. The molecule has 1 saturated carbocycles. The Labute approximate surface area is 238 Å². The second-order valence-corrected chi connectivity index (χ2v) is 13.7. The molecule has 218 valence electrons. The van der Waals surface area contributed by atoms with E-state index in [9.17, 15) is 14.7 Å². The van der Waals surface area contributed by atoms with Gasteiger partial charge in [0.1, 0.15) is 11.1 Å². The molecule has 3 atom stereocenters. The number of rotatable bonds is 9. The van der Waals surface area contributed by atoms with Crippen molar-refractivity contribution in [2.24, 2.45) is 16.7 Å². The Kier molecular flexibility index (Phi) is 7.17. The van der Waals surface area contributed by atoms with Gasteiger partial charge in [0.15, 0.2) is 0 Å². The third-order valence-corrected chi connectivity index (χ3v) is 10.2. The van der Waals surface area contributed by atoms with Crippen LogP contribution in [-0.4, -0.2) is 95.0 Å². The maximum atomic E-state index is 14.0. The van der Waals surface area contributed by atoms with Crippen molar-refractivity contribution in [3.8, 4) is 0 Å². The van der Waals surface area contributed by atoms with Crippen molar-refractivity contribution < 1.29 is 28.6 Å². The van der Waals surface area contributed by atoms with E-state index in [1.807, 2.05) is 11.8 Å². The van der Waals surface area contributed by atoms with Crippen LogP contribution in [0.2, 0.25) is 0 Å². The number of carbonyl (C=O) groups excluding carboxylic acids is 2. The lowest BCUT2D eigenvalue weighted by atomic mass is 9.71. The Morgan fingerprint density at radius 3 is 2.67 bits per heavy atom. The van der Waals surface area contributed by atoms with Crippen LogP contribution < -0.4 is 10.2 Å². The van der Waals surface area contributed by atoms with Crippen molar-refractivity contribution >= 4 is 29.2 Å². The van der Waals surface area contributed by atoms with Crippen LogP contribution >= 0.6 is 11.3 Å². The lowest BCUT2D eigenvalue weighted by Crippen LogP contribution is -2.65. The fourth-order valence-electron chi connectivity index (χ4n) is 7.03. The van der Waals surface area contributed by atoms with E-state index in [1.165, 1.54) is 17.6 Å². The molecule has 2 amide bonds. The Bertz CT molecular complexity index is 1170. The molecule has 4 aliphatic heterocycles. The largest absolute Gasteiger partial charge is 0.432 e. The summed E-state index contributed by atoms with van der Waals surface area (Å²) in [7, 11) is 0. The molecule has 6 heterocycles. The molecule has 5 fully saturated rings. The van der Waals surface area contributed by atoms with Gasteiger partial charge in [0.25, 0.3) is 11.9 Å². The van der Waals surface area contributed by atoms with Crippen LogP contribution in [0, 0.1) is 16.7 Å². The number of nitrogens with zero attached hydrogens (tertiary/aromatic N) is 4. The van der Waals surface area contributed by atoms with Crippen LogP contribution in [-0.2, 0) is 14.3 Å². The summed E-state index contributed by atoms with van der Waals surface area (Å²) >= 11 is 1.29. The number of carbonyl (C=O) groups is 2. The molecule has 7 rings (SSSR count). The smallest absolute Gasteiger partial charge is 0.297 e. The number of aliphatic hydroxyl groups is 1. The molecule has 0 aromatic carbocycles. The number of fused-ring (bicyclic) bond motifs is 3. The summed E-state index contributed by atoms with van der Waals surface area (Å²) in [5, 5.41) is 14.3. The summed E-state index contributed by atoms with van der Waals surface area (Å²) in [6.07, 6.45) is 8.95. The van der Waals surface area contributed by atoms with E-state index < -0.39 is 29.1 Å². The van der Waals surface area contributed by atoms with Crippen molar-refractivity contribution in [2.75, 3.05) is 44.3 Å². The predicted octanol–water partition coefficient (Wildman–Crippen LogP) is 2.33. The van der Waals surface area contributed by atoms with Crippen molar-refractivity contribution in [2.45, 2.75) is 70.3 Å². The molecular weight excluding hydrogens is 534 g/mol. The summed E-state index contributed by atoms with van der Waals surface area (Å²) in [4.78, 5) is 39.8. The van der Waals surface area contributed by atoms with E-state index in [0.29, 0.717) is 49.8 Å². The first-order chi connectivity index (χ1) is 19.1. The van der Waals surface area contributed by atoms with Gasteiger partial charge in [0, 0.05) is 37.0 Å². The Morgan fingerprint density at radius 1 is 1.30 bits per heavy atom. The highest BCUT2D eigenvalue weighted by atomic mass is 32.1. The molecule has 40 heavy (non-hydrogen) atoms. The first-order valence-corrected chi connectivity index (χ1v) is 15.0. The number of amides is 2. The number of hydrogen-bond acceptors (Lipinski definition) is 10. The maximum absolute atomic E-state index is 14.0. The average Bonchev–Trinajstić information content (AvgIpc) is 3.70. The van der Waals surface area contributed by atoms with E-state index in [-0.39, 0.29) is 23.8 Å². The molecule has 0 radical (unpaired) electrons. The van der Waals surface area contributed by atoms with Crippen molar-refractivity contribution in [3.05, 3.63) is 29.0 Å². The van der Waals surface area contributed by atoms with Gasteiger partial charge in [0.2, 0.25) is 5.91 Å². The van der Waals surface area contributed by atoms with Gasteiger partial charge in [-0.1, -0.05) is 0 Å². The Balaban J connectivity index is 1.16. The molecule has 0 unspecified atom stereocenters. The maximum Gasteiger partial charge on any atom is 0.297 e. The summed E-state index contributed by atoms with van der Waals surface area (Å²) < 4.78 is 17.8. The molecule has 5 aliphatic rings. The van der Waals surface area contributed by atoms with Gasteiger partial charge in [-0.2, -0.15) is 0 Å². The number of thiazole rings is 1. The van der Waals surface area contributed by atoms with Gasteiger partial charge < -0.3 is 34.1 Å². The molecule has 2 N–H and O–H groups in total. The zero-order valence-corrected chi connectivity index (χ0v) is 24.2. The van der Waals surface area contributed by atoms with E-state index >= 15 is 0 Å². The normalized spacial score (nSPS) is 28.9. The predicted molar refractivity (Wildman–Crippen MR) is 147 cm³/mol. The van der Waals surface area contributed by atoms with Crippen LogP contribution in [0.5, 0.6) is 0 Å². The third kappa shape index (κ3) is 5.15. The number of likely N-dealkylation sites (tertiary alicyclic amines) is 1. The highest BCUT2D eigenvalue weighted by molar-refractivity contribution is 7.11. The monoisotopic (exact) mass is 573 g/mol. The van der Waals surface area contributed by atoms with Crippen LogP contribution in [0.3, 0.4) is 0 Å². The fraction of sp³-hybridized carbons (Fsp3) is 0.714. The van der Waals surface area contributed by atoms with E-state index in [2.05, 4.69) is 15.3 Å². The number of hydrogen-bond donors (Lipinski definition) is 2. The average molecular weight is 574 g/mol. The third-order valence-electron chi connectivity index (χ3n) is 9.40. The zero-order chi connectivity index (χ0) is 28.1. The Hall–Kier alpha value is -2.54. The topological polar surface area (TPSA) is 130 Å². The molecule has 11 nitrogen and oxygen atoms in total. The highest BCUT2D eigenvalue weighted by Gasteiger charge is 2.59. The SMILES string of the molecule is C[C@@H](OCC12CCC(CC1)OC2)[C@H](NC(=O)[C@@H]1CN(C(=O)c2cncs2)CC12CN(c1ncco1)C2)C(C)(C)O. The van der Waals surface area contributed by atoms with Crippen molar-refractivity contribution in [1.29, 1.82) is 0 Å². The second-order valence-electron chi connectivity index (χ2n) is 12.8. The summed E-state index contributed by atoms with van der Waals surface area (Å²) in [5.74, 6) is -0.770. The number of aromatic nitrogens is 2. The molecule has 1 spiro atoms. The number of oxazole rings is 1. The van der Waals surface area contributed by atoms with E-state index in [1.54, 1.807) is 36.7 Å². The van der Waals surface area contributed by atoms with Crippen LogP contribution in [0.15, 0.2) is 28.6 Å². The van der Waals surface area contributed by atoms with Gasteiger partial charge in [0.05, 0.1) is 60.9 Å². The summed E-state index contributed by atoms with van der Waals surface area (Å²) in [6, 6.07) is -0.128. The molecule has 2 aromatic rings. The molecule has 2 aromatic heterocycles. The number of ether oxygens (including phenoxy) is 2. The van der Waals surface area contributed by atoms with Gasteiger partial charge in [-0.05, 0) is 46.5 Å². The molecule has 2 bridgehead atoms. The van der Waals surface area contributed by atoms with Crippen LogP contribution in [0.4, 0.5) is 6.01 Å². The fourth-order valence-corrected chi connectivity index (χ4v) is 7.61. The van der Waals surface area contributed by atoms with Gasteiger partial charge in [-0.15, -0.1) is 11.3 Å². The second kappa shape index (κ2) is 10.4. The summed E-state index contributed by atoms with van der Waals surface area (Å²) in [6.45, 7) is 8.37. The quantitative estimate of drug-likeness (QED) is 0.464. The van der Waals surface area contributed by atoms with E-state index in [4.69, 9.17) is 13.9 Å². The minimum atomic E-state index is -1.22. The highest BCUT2D eigenvalue weighted by Crippen LogP contribution is 2.46. The van der Waals surface area contributed by atoms with Crippen molar-refractivity contribution in [1.82, 2.24) is 20.2 Å². The van der Waals surface area contributed by atoms with Gasteiger partial charge in [-0.25, -0.2) is 4.98 Å². The molecular formula is C28H39N5O6S. The first kappa shape index (κ1) is 27.6. The van der Waals surface area contributed by atoms with Gasteiger partial charge in [-0.3, -0.25) is 14.6 Å². The summed E-state index contributed by atoms with van der Waals surface area (Å²) in [5.41, 5.74) is -0.0261. The molecule has 4 saturated heterocycles. The van der Waals surface area contributed by atoms with Crippen molar-refractivity contribution in [3.63, 3.8) is 0 Å². The van der Waals surface area contributed by atoms with E-state index in [0.717, 1.165) is 25.7 Å². The molecule has 12 heteroatoms. The number of anilines is 1. The van der Waals surface area contributed by atoms with Gasteiger partial charge >= 0.3 is 0 Å². The zero-order valence-electron chi connectivity index (χ0n) is 23.4. The standard InChI is InChI=1S/C28H39N5O6S/c1-18(38-15-27-6-4-19(5-7-27)39-16-27)22(26(2,3)36)31-23(34)20-11-32(24(35)21-10-29-17-40-21)12-28(20)13-33(14-28)25-30-8-9-37-25/h8-10,17-20,22,36H,4-7,11-16H2,1-3H3,(H,31,34)/t18-,19?,20+,22+,27?/m1/s1. The number of nitrogens with one attached hydrogen (secondary N) is 1. The molecule has 1 aliphatic carbocycles. The lowest BCUT2D eigenvalue weighted by molar-refractivity contribution is -0.158. The minimum Gasteiger partial charge on any atom is -0.432 e. The first-order valence-electron chi connectivity index (χ1n) is 14.2. The van der Waals surface area contributed by atoms with Crippen LogP contribution in [0.1, 0.15) is 56.1 Å². The minimum absolute atomic E-state index is 0.0134. The lowest BCUT2D eigenvalue weighted by Gasteiger charge is -2.50.